The van der Waals surface area contributed by atoms with Crippen molar-refractivity contribution in [3.63, 3.8) is 0 Å². The second kappa shape index (κ2) is 8.27. The molecule has 0 N–H and O–H groups in total. The van der Waals surface area contributed by atoms with Gasteiger partial charge in [-0.05, 0) is 54.5 Å². The highest BCUT2D eigenvalue weighted by molar-refractivity contribution is 7.99. The molecule has 0 saturated heterocycles. The molecule has 1 atom stereocenters. The summed E-state index contributed by atoms with van der Waals surface area (Å²) in [5.74, 6) is 0.485. The molecule has 1 aliphatic heterocycles. The predicted molar refractivity (Wildman–Crippen MR) is 115 cm³/mol. The van der Waals surface area contributed by atoms with Crippen molar-refractivity contribution in [2.45, 2.75) is 37.9 Å². The van der Waals surface area contributed by atoms with Crippen LogP contribution in [0.4, 0.5) is 0 Å². The van der Waals surface area contributed by atoms with E-state index in [9.17, 15) is 4.79 Å². The number of fused-ring (bicyclic) bond motifs is 1. The summed E-state index contributed by atoms with van der Waals surface area (Å²) in [6.45, 7) is 4.89. The fourth-order valence-electron chi connectivity index (χ4n) is 3.58. The fraction of sp³-hybridized carbons (Fsp3) is 0.350. The number of carbonyl (C=O) groups is 1. The topological polar surface area (TPSA) is 51.0 Å². The van der Waals surface area contributed by atoms with E-state index >= 15 is 0 Å². The number of thioether (sulfide) groups is 1. The number of nitrogens with zero attached hydrogens (tertiary/aromatic N) is 4. The Bertz CT molecular complexity index is 1000. The lowest BCUT2D eigenvalue weighted by Crippen LogP contribution is -2.40. The monoisotopic (exact) mass is 432 g/mol. The fourth-order valence-corrected chi connectivity index (χ4v) is 5.49. The van der Waals surface area contributed by atoms with E-state index < -0.39 is 0 Å². The molecule has 1 unspecified atom stereocenters. The Hall–Kier alpha value is -1.83. The van der Waals surface area contributed by atoms with Gasteiger partial charge in [0.1, 0.15) is 6.33 Å². The molecule has 0 radical (unpaired) electrons. The SMILES string of the molecule is CCC1c2ccsc2CCN1C(=O)CSc1nncn1-c1ccc(C)c(Cl)c1. The number of aryl methyl sites for hydroxylation is 1. The highest BCUT2D eigenvalue weighted by Crippen LogP contribution is 2.35. The first kappa shape index (κ1) is 19.5. The molecule has 1 amide bonds. The molecule has 0 spiro atoms. The summed E-state index contributed by atoms with van der Waals surface area (Å²) >= 11 is 9.46. The van der Waals surface area contributed by atoms with Crippen LogP contribution in [-0.2, 0) is 11.2 Å². The van der Waals surface area contributed by atoms with Gasteiger partial charge in [0.15, 0.2) is 5.16 Å². The molecule has 4 rings (SSSR count). The van der Waals surface area contributed by atoms with E-state index in [2.05, 4.69) is 28.6 Å². The number of rotatable bonds is 5. The first-order valence-electron chi connectivity index (χ1n) is 9.23. The zero-order valence-electron chi connectivity index (χ0n) is 15.8. The lowest BCUT2D eigenvalue weighted by atomic mass is 9.98. The number of thiophene rings is 1. The second-order valence-corrected chi connectivity index (χ2v) is 9.12. The molecular weight excluding hydrogens is 412 g/mol. The molecule has 2 aromatic heterocycles. The van der Waals surface area contributed by atoms with Gasteiger partial charge in [0.05, 0.1) is 17.5 Å². The molecule has 1 aromatic carbocycles. The smallest absolute Gasteiger partial charge is 0.233 e. The maximum Gasteiger partial charge on any atom is 0.233 e. The van der Waals surface area contributed by atoms with Crippen LogP contribution < -0.4 is 0 Å². The van der Waals surface area contributed by atoms with Gasteiger partial charge in [0, 0.05) is 16.4 Å². The van der Waals surface area contributed by atoms with Gasteiger partial charge in [-0.2, -0.15) is 0 Å². The van der Waals surface area contributed by atoms with E-state index in [1.807, 2.05) is 34.6 Å². The molecule has 0 saturated carbocycles. The third kappa shape index (κ3) is 3.71. The molecule has 28 heavy (non-hydrogen) atoms. The zero-order valence-corrected chi connectivity index (χ0v) is 18.2. The van der Waals surface area contributed by atoms with Gasteiger partial charge in [-0.15, -0.1) is 21.5 Å². The van der Waals surface area contributed by atoms with Crippen molar-refractivity contribution in [3.05, 3.63) is 57.0 Å². The number of aromatic nitrogens is 3. The highest BCUT2D eigenvalue weighted by Gasteiger charge is 2.30. The van der Waals surface area contributed by atoms with E-state index in [4.69, 9.17) is 11.6 Å². The van der Waals surface area contributed by atoms with Gasteiger partial charge in [-0.1, -0.05) is 36.4 Å². The third-order valence-electron chi connectivity index (χ3n) is 5.08. The van der Waals surface area contributed by atoms with Crippen molar-refractivity contribution in [1.29, 1.82) is 0 Å². The molecule has 5 nitrogen and oxygen atoms in total. The van der Waals surface area contributed by atoms with Crippen molar-refractivity contribution in [2.75, 3.05) is 12.3 Å². The Balaban J connectivity index is 1.48. The minimum Gasteiger partial charge on any atom is -0.335 e. The minimum absolute atomic E-state index is 0.144. The summed E-state index contributed by atoms with van der Waals surface area (Å²) in [4.78, 5) is 16.4. The van der Waals surface area contributed by atoms with Crippen LogP contribution in [0.1, 0.15) is 35.4 Å². The van der Waals surface area contributed by atoms with Gasteiger partial charge < -0.3 is 4.90 Å². The Morgan fingerprint density at radius 1 is 1.39 bits per heavy atom. The molecule has 8 heteroatoms. The van der Waals surface area contributed by atoms with Crippen LogP contribution in [0.3, 0.4) is 0 Å². The number of hydrogen-bond donors (Lipinski definition) is 0. The maximum absolute atomic E-state index is 13.0. The Morgan fingerprint density at radius 3 is 3.04 bits per heavy atom. The molecule has 0 bridgehead atoms. The first-order chi connectivity index (χ1) is 13.6. The normalized spacial score (nSPS) is 16.2. The van der Waals surface area contributed by atoms with E-state index in [1.54, 1.807) is 17.7 Å². The van der Waals surface area contributed by atoms with Crippen LogP contribution in [0.5, 0.6) is 0 Å². The average molecular weight is 433 g/mol. The summed E-state index contributed by atoms with van der Waals surface area (Å²) in [5.41, 5.74) is 3.23. The standard InChI is InChI=1S/C20H21ClN4OS2/c1-3-17-15-7-9-27-18(15)6-8-24(17)19(26)11-28-20-23-22-12-25(20)14-5-4-13(2)16(21)10-14/h4-5,7,9-10,12,17H,3,6,8,11H2,1-2H3. The Morgan fingerprint density at radius 2 is 2.25 bits per heavy atom. The van der Waals surface area contributed by atoms with Crippen LogP contribution in [0, 0.1) is 6.92 Å². The van der Waals surface area contributed by atoms with Gasteiger partial charge in [-0.3, -0.25) is 9.36 Å². The third-order valence-corrected chi connectivity index (χ3v) is 7.41. The summed E-state index contributed by atoms with van der Waals surface area (Å²) in [6, 6.07) is 8.18. The summed E-state index contributed by atoms with van der Waals surface area (Å²) in [6.07, 6.45) is 3.53. The van der Waals surface area contributed by atoms with Crippen LogP contribution in [0.15, 0.2) is 41.1 Å². The van der Waals surface area contributed by atoms with E-state index in [0.717, 1.165) is 30.6 Å². The van der Waals surface area contributed by atoms with Crippen LogP contribution in [0.25, 0.3) is 5.69 Å². The molecule has 0 aliphatic carbocycles. The van der Waals surface area contributed by atoms with Gasteiger partial charge in [0.25, 0.3) is 0 Å². The average Bonchev–Trinajstić information content (AvgIpc) is 3.36. The van der Waals surface area contributed by atoms with Crippen molar-refractivity contribution in [3.8, 4) is 5.69 Å². The van der Waals surface area contributed by atoms with Crippen molar-refractivity contribution < 1.29 is 4.79 Å². The number of carbonyl (C=O) groups excluding carboxylic acids is 1. The van der Waals surface area contributed by atoms with E-state index in [0.29, 0.717) is 15.9 Å². The van der Waals surface area contributed by atoms with Gasteiger partial charge in [0.2, 0.25) is 5.91 Å². The number of hydrogen-bond acceptors (Lipinski definition) is 5. The summed E-state index contributed by atoms with van der Waals surface area (Å²) in [7, 11) is 0. The van der Waals surface area contributed by atoms with Crippen LogP contribution >= 0.6 is 34.7 Å². The first-order valence-corrected chi connectivity index (χ1v) is 11.5. The Labute approximate surface area is 177 Å². The van der Waals surface area contributed by atoms with Crippen molar-refractivity contribution in [1.82, 2.24) is 19.7 Å². The van der Waals surface area contributed by atoms with E-state index in [1.165, 1.54) is 22.2 Å². The van der Waals surface area contributed by atoms with E-state index in [-0.39, 0.29) is 11.9 Å². The van der Waals surface area contributed by atoms with Crippen molar-refractivity contribution in [2.24, 2.45) is 0 Å². The van der Waals surface area contributed by atoms with Crippen LogP contribution in [-0.4, -0.2) is 37.9 Å². The number of benzene rings is 1. The molecule has 0 fully saturated rings. The maximum atomic E-state index is 13.0. The highest BCUT2D eigenvalue weighted by atomic mass is 35.5. The molecule has 1 aliphatic rings. The molecule has 3 heterocycles. The number of halogens is 1. The lowest BCUT2D eigenvalue weighted by Gasteiger charge is -2.35. The summed E-state index contributed by atoms with van der Waals surface area (Å²) < 4.78 is 1.87. The second-order valence-electron chi connectivity index (χ2n) is 6.77. The predicted octanol–water partition coefficient (Wildman–Crippen LogP) is 4.92. The van der Waals surface area contributed by atoms with Gasteiger partial charge >= 0.3 is 0 Å². The number of amides is 1. The summed E-state index contributed by atoms with van der Waals surface area (Å²) in [5, 5.41) is 11.7. The zero-order chi connectivity index (χ0) is 19.7. The molecule has 3 aromatic rings. The molecule has 146 valence electrons. The van der Waals surface area contributed by atoms with Crippen molar-refractivity contribution >= 4 is 40.6 Å². The largest absolute Gasteiger partial charge is 0.335 e. The quantitative estimate of drug-likeness (QED) is 0.537. The van der Waals surface area contributed by atoms with Crippen LogP contribution in [0.2, 0.25) is 5.02 Å². The Kier molecular flexibility index (Phi) is 5.75. The van der Waals surface area contributed by atoms with Gasteiger partial charge in [-0.25, -0.2) is 0 Å². The lowest BCUT2D eigenvalue weighted by molar-refractivity contribution is -0.131. The molecular formula is C20H21ClN4OS2. The minimum atomic E-state index is 0.144.